The molecule has 0 aromatic carbocycles. The number of rotatable bonds is 5. The number of imidazole rings is 1. The summed E-state index contributed by atoms with van der Waals surface area (Å²) in [5, 5.41) is 3.53. The molecule has 1 N–H and O–H groups in total. The highest BCUT2D eigenvalue weighted by molar-refractivity contribution is 5.51. The number of hydrogen-bond acceptors (Lipinski definition) is 4. The van der Waals surface area contributed by atoms with Crippen LogP contribution in [0.15, 0.2) is 30.9 Å². The number of aromatic nitrogens is 3. The Hall–Kier alpha value is -1.88. The molecule has 0 amide bonds. The zero-order chi connectivity index (χ0) is 15.5. The van der Waals surface area contributed by atoms with E-state index in [1.165, 1.54) is 5.56 Å². The minimum Gasteiger partial charge on any atom is -0.366 e. The summed E-state index contributed by atoms with van der Waals surface area (Å²) in [7, 11) is 4.09. The molecule has 114 valence electrons. The van der Waals surface area contributed by atoms with Gasteiger partial charge in [0.25, 0.3) is 0 Å². The van der Waals surface area contributed by atoms with Crippen molar-refractivity contribution < 1.29 is 0 Å². The SMILES string of the molecule is CN(Cc1nccn1C)c1cnccc1CNC(C)(C)C. The van der Waals surface area contributed by atoms with Crippen molar-refractivity contribution in [2.24, 2.45) is 7.05 Å². The van der Waals surface area contributed by atoms with E-state index in [-0.39, 0.29) is 5.54 Å². The molecule has 0 aliphatic rings. The lowest BCUT2D eigenvalue weighted by Crippen LogP contribution is -2.35. The Morgan fingerprint density at radius 1 is 1.29 bits per heavy atom. The van der Waals surface area contributed by atoms with Crippen LogP contribution in [0.5, 0.6) is 0 Å². The standard InChI is InChI=1S/C16H25N5/c1-16(2,3)19-10-13-6-7-17-11-14(13)21(5)12-15-18-8-9-20(15)4/h6-9,11,19H,10,12H2,1-5H3. The van der Waals surface area contributed by atoms with Crippen LogP contribution in [0.1, 0.15) is 32.2 Å². The highest BCUT2D eigenvalue weighted by Crippen LogP contribution is 2.20. The lowest BCUT2D eigenvalue weighted by Gasteiger charge is -2.25. The Balaban J connectivity index is 2.13. The first-order valence-corrected chi connectivity index (χ1v) is 7.22. The van der Waals surface area contributed by atoms with E-state index in [0.29, 0.717) is 0 Å². The predicted molar refractivity (Wildman–Crippen MR) is 86.1 cm³/mol. The number of aryl methyl sites for hydroxylation is 1. The van der Waals surface area contributed by atoms with Gasteiger partial charge in [-0.05, 0) is 32.4 Å². The molecule has 0 fully saturated rings. The van der Waals surface area contributed by atoms with Gasteiger partial charge in [0.2, 0.25) is 0 Å². The first-order valence-electron chi connectivity index (χ1n) is 7.22. The number of pyridine rings is 1. The van der Waals surface area contributed by atoms with Gasteiger partial charge in [-0.2, -0.15) is 0 Å². The molecule has 2 heterocycles. The minimum absolute atomic E-state index is 0.0960. The third-order valence-electron chi connectivity index (χ3n) is 3.41. The Morgan fingerprint density at radius 3 is 2.67 bits per heavy atom. The van der Waals surface area contributed by atoms with Crippen molar-refractivity contribution in [2.45, 2.75) is 39.4 Å². The van der Waals surface area contributed by atoms with Crippen molar-refractivity contribution in [1.82, 2.24) is 19.9 Å². The van der Waals surface area contributed by atoms with E-state index >= 15 is 0 Å². The summed E-state index contributed by atoms with van der Waals surface area (Å²) in [5.41, 5.74) is 2.48. The summed E-state index contributed by atoms with van der Waals surface area (Å²) in [6.45, 7) is 8.10. The van der Waals surface area contributed by atoms with Gasteiger partial charge in [0.15, 0.2) is 0 Å². The quantitative estimate of drug-likeness (QED) is 0.917. The van der Waals surface area contributed by atoms with Gasteiger partial charge >= 0.3 is 0 Å². The topological polar surface area (TPSA) is 46.0 Å². The highest BCUT2D eigenvalue weighted by atomic mass is 15.2. The monoisotopic (exact) mass is 287 g/mol. The molecule has 2 rings (SSSR count). The molecule has 5 nitrogen and oxygen atoms in total. The zero-order valence-electron chi connectivity index (χ0n) is 13.6. The maximum Gasteiger partial charge on any atom is 0.127 e. The van der Waals surface area contributed by atoms with Crippen molar-refractivity contribution >= 4 is 5.69 Å². The van der Waals surface area contributed by atoms with Crippen LogP contribution in [0, 0.1) is 0 Å². The molecule has 0 atom stereocenters. The third-order valence-corrected chi connectivity index (χ3v) is 3.41. The Kier molecular flexibility index (Phi) is 4.63. The van der Waals surface area contributed by atoms with Crippen molar-refractivity contribution in [2.75, 3.05) is 11.9 Å². The summed E-state index contributed by atoms with van der Waals surface area (Å²) >= 11 is 0. The lowest BCUT2D eigenvalue weighted by molar-refractivity contribution is 0.424. The van der Waals surface area contributed by atoms with Crippen molar-refractivity contribution in [1.29, 1.82) is 0 Å². The predicted octanol–water partition coefficient (Wildman–Crippen LogP) is 2.34. The van der Waals surface area contributed by atoms with E-state index in [4.69, 9.17) is 0 Å². The highest BCUT2D eigenvalue weighted by Gasteiger charge is 2.13. The fourth-order valence-corrected chi connectivity index (χ4v) is 2.11. The summed E-state index contributed by atoms with van der Waals surface area (Å²) < 4.78 is 2.04. The first-order chi connectivity index (χ1) is 9.87. The lowest BCUT2D eigenvalue weighted by atomic mass is 10.1. The van der Waals surface area contributed by atoms with E-state index in [1.807, 2.05) is 36.4 Å². The van der Waals surface area contributed by atoms with Gasteiger partial charge in [-0.15, -0.1) is 0 Å². The minimum atomic E-state index is 0.0960. The largest absolute Gasteiger partial charge is 0.366 e. The van der Waals surface area contributed by atoms with Crippen LogP contribution in [0.2, 0.25) is 0 Å². The molecule has 5 heteroatoms. The zero-order valence-corrected chi connectivity index (χ0v) is 13.6. The second-order valence-corrected chi connectivity index (χ2v) is 6.42. The normalized spacial score (nSPS) is 11.7. The Bertz CT molecular complexity index is 582. The molecule has 0 spiro atoms. The van der Waals surface area contributed by atoms with Crippen molar-refractivity contribution in [3.05, 3.63) is 42.2 Å². The molecular weight excluding hydrogens is 262 g/mol. The average Bonchev–Trinajstić information content (AvgIpc) is 2.81. The van der Waals surface area contributed by atoms with E-state index in [9.17, 15) is 0 Å². The fourth-order valence-electron chi connectivity index (χ4n) is 2.11. The molecule has 21 heavy (non-hydrogen) atoms. The van der Waals surface area contributed by atoms with Gasteiger partial charge in [-0.1, -0.05) is 0 Å². The summed E-state index contributed by atoms with van der Waals surface area (Å²) in [4.78, 5) is 10.8. The molecule has 0 saturated carbocycles. The van der Waals surface area contributed by atoms with Gasteiger partial charge in [0.05, 0.1) is 18.4 Å². The molecular formula is C16H25N5. The summed E-state index contributed by atoms with van der Waals surface area (Å²) in [5.74, 6) is 1.04. The van der Waals surface area contributed by atoms with Gasteiger partial charge in [-0.25, -0.2) is 4.98 Å². The first kappa shape index (κ1) is 15.5. The molecule has 0 bridgehead atoms. The second-order valence-electron chi connectivity index (χ2n) is 6.42. The molecule has 0 radical (unpaired) electrons. The third kappa shape index (κ3) is 4.29. The van der Waals surface area contributed by atoms with Crippen LogP contribution in [0.25, 0.3) is 0 Å². The van der Waals surface area contributed by atoms with Crippen molar-refractivity contribution in [3.63, 3.8) is 0 Å². The average molecular weight is 287 g/mol. The maximum atomic E-state index is 4.38. The maximum absolute atomic E-state index is 4.38. The van der Waals surface area contributed by atoms with Gasteiger partial charge in [-0.3, -0.25) is 4.98 Å². The molecule has 0 aliphatic carbocycles. The van der Waals surface area contributed by atoms with Crippen molar-refractivity contribution in [3.8, 4) is 0 Å². The van der Waals surface area contributed by atoms with Gasteiger partial charge in [0, 0.05) is 44.8 Å². The van der Waals surface area contributed by atoms with Crippen LogP contribution in [0.4, 0.5) is 5.69 Å². The van der Waals surface area contributed by atoms with Crippen LogP contribution in [-0.4, -0.2) is 27.1 Å². The Labute approximate surface area is 127 Å². The number of nitrogens with zero attached hydrogens (tertiary/aromatic N) is 4. The summed E-state index contributed by atoms with van der Waals surface area (Å²) in [6.07, 6.45) is 7.56. The van der Waals surface area contributed by atoms with Crippen LogP contribution in [0.3, 0.4) is 0 Å². The van der Waals surface area contributed by atoms with Gasteiger partial charge in [0.1, 0.15) is 5.82 Å². The van der Waals surface area contributed by atoms with Crippen LogP contribution >= 0.6 is 0 Å². The van der Waals surface area contributed by atoms with E-state index < -0.39 is 0 Å². The number of hydrogen-bond donors (Lipinski definition) is 1. The molecule has 0 unspecified atom stereocenters. The Morgan fingerprint density at radius 2 is 2.05 bits per heavy atom. The van der Waals surface area contributed by atoms with Gasteiger partial charge < -0.3 is 14.8 Å². The van der Waals surface area contributed by atoms with E-state index in [2.05, 4.69) is 54.1 Å². The second kappa shape index (κ2) is 6.26. The molecule has 0 aliphatic heterocycles. The molecule has 2 aromatic rings. The van der Waals surface area contributed by atoms with Crippen LogP contribution < -0.4 is 10.2 Å². The smallest absolute Gasteiger partial charge is 0.127 e. The fraction of sp³-hybridized carbons (Fsp3) is 0.500. The number of anilines is 1. The van der Waals surface area contributed by atoms with E-state index in [1.54, 1.807) is 0 Å². The van der Waals surface area contributed by atoms with Crippen LogP contribution in [-0.2, 0) is 20.1 Å². The number of nitrogens with one attached hydrogen (secondary N) is 1. The molecule has 2 aromatic heterocycles. The molecule has 0 saturated heterocycles. The van der Waals surface area contributed by atoms with E-state index in [0.717, 1.165) is 24.6 Å². The summed E-state index contributed by atoms with van der Waals surface area (Å²) in [6, 6.07) is 2.07.